The smallest absolute Gasteiger partial charge is 0.0215 e. The fraction of sp³-hybridized carbons (Fsp3) is 0.610. The molecule has 2 aliphatic carbocycles. The number of hydrogen-bond acceptors (Lipinski definition) is 0. The second kappa shape index (κ2) is 13.1. The number of benzene rings is 3. The molecule has 3 unspecified atom stereocenters. The minimum absolute atomic E-state index is 0.162. The molecule has 0 saturated heterocycles. The highest BCUT2D eigenvalue weighted by molar-refractivity contribution is 6.04. The highest BCUT2D eigenvalue weighted by Crippen LogP contribution is 2.60. The molecule has 0 heterocycles. The van der Waals surface area contributed by atoms with Gasteiger partial charge in [-0.1, -0.05) is 148 Å². The quantitative estimate of drug-likeness (QED) is 0.175. The van der Waals surface area contributed by atoms with Crippen molar-refractivity contribution in [3.63, 3.8) is 0 Å². The van der Waals surface area contributed by atoms with Gasteiger partial charge in [-0.15, -0.1) is 0 Å². The van der Waals surface area contributed by atoms with Gasteiger partial charge in [-0.25, -0.2) is 0 Å². The zero-order valence-corrected chi connectivity index (χ0v) is 27.4. The van der Waals surface area contributed by atoms with Crippen LogP contribution in [0.25, 0.3) is 21.9 Å². The van der Waals surface area contributed by atoms with Crippen LogP contribution in [0.15, 0.2) is 48.5 Å². The summed E-state index contributed by atoms with van der Waals surface area (Å²) in [5, 5.41) is 3.04. The van der Waals surface area contributed by atoms with Gasteiger partial charge in [-0.2, -0.15) is 0 Å². The molecule has 222 valence electrons. The number of hydrogen-bond donors (Lipinski definition) is 0. The van der Waals surface area contributed by atoms with Crippen LogP contribution in [0.1, 0.15) is 166 Å². The molecule has 0 aliphatic heterocycles. The molecule has 0 spiro atoms. The maximum Gasteiger partial charge on any atom is 0.0215 e. The Bertz CT molecular complexity index is 1310. The molecule has 3 aromatic carbocycles. The first-order valence-corrected chi connectivity index (χ1v) is 17.6. The molecule has 3 aromatic rings. The van der Waals surface area contributed by atoms with Crippen molar-refractivity contribution in [1.29, 1.82) is 0 Å². The summed E-state index contributed by atoms with van der Waals surface area (Å²) >= 11 is 0. The van der Waals surface area contributed by atoms with E-state index in [0.717, 1.165) is 5.92 Å². The Hall–Kier alpha value is -2.08. The van der Waals surface area contributed by atoms with E-state index in [1.165, 1.54) is 113 Å². The first-order valence-electron chi connectivity index (χ1n) is 17.6. The van der Waals surface area contributed by atoms with Gasteiger partial charge in [0.25, 0.3) is 0 Å². The minimum Gasteiger partial charge on any atom is -0.0654 e. The van der Waals surface area contributed by atoms with E-state index in [2.05, 4.69) is 90.1 Å². The van der Waals surface area contributed by atoms with Crippen molar-refractivity contribution < 1.29 is 0 Å². The van der Waals surface area contributed by atoms with E-state index < -0.39 is 0 Å². The molecule has 0 N–H and O–H groups in total. The molecule has 3 atom stereocenters. The van der Waals surface area contributed by atoms with Gasteiger partial charge in [-0.3, -0.25) is 0 Å². The van der Waals surface area contributed by atoms with Crippen molar-refractivity contribution >= 4 is 10.8 Å². The maximum atomic E-state index is 2.76. The molecular formula is C41H58. The molecule has 0 fully saturated rings. The SMILES string of the molecule is CCCCCCCCC12CCC(CCCCC)C(CC)c3cc1c(c1ccccc31)-c1ccc(C(C)(C)CC)cc12. The van der Waals surface area contributed by atoms with Gasteiger partial charge < -0.3 is 0 Å². The fourth-order valence-corrected chi connectivity index (χ4v) is 8.62. The van der Waals surface area contributed by atoms with Gasteiger partial charge in [0.15, 0.2) is 0 Å². The predicted octanol–water partition coefficient (Wildman–Crippen LogP) is 13.0. The average molecular weight is 551 g/mol. The van der Waals surface area contributed by atoms with E-state index in [0.29, 0.717) is 5.92 Å². The minimum atomic E-state index is 0.162. The van der Waals surface area contributed by atoms with Crippen LogP contribution in [-0.4, -0.2) is 0 Å². The third-order valence-corrected chi connectivity index (χ3v) is 11.5. The monoisotopic (exact) mass is 550 g/mol. The Morgan fingerprint density at radius 3 is 2.20 bits per heavy atom. The van der Waals surface area contributed by atoms with Gasteiger partial charge in [-0.05, 0) is 99.9 Å². The third-order valence-electron chi connectivity index (χ3n) is 11.5. The van der Waals surface area contributed by atoms with Crippen LogP contribution < -0.4 is 0 Å². The summed E-state index contributed by atoms with van der Waals surface area (Å²) in [6.07, 6.45) is 20.1. The lowest BCUT2D eigenvalue weighted by atomic mass is 9.64. The Balaban J connectivity index is 1.70. The van der Waals surface area contributed by atoms with Crippen molar-refractivity contribution in [2.45, 2.75) is 155 Å². The van der Waals surface area contributed by atoms with Gasteiger partial charge in [0.1, 0.15) is 0 Å². The summed E-state index contributed by atoms with van der Waals surface area (Å²) in [6.45, 7) is 14.4. The summed E-state index contributed by atoms with van der Waals surface area (Å²) in [6, 6.07) is 19.9. The Morgan fingerprint density at radius 2 is 1.46 bits per heavy atom. The molecule has 0 radical (unpaired) electrons. The second-order valence-electron chi connectivity index (χ2n) is 14.3. The topological polar surface area (TPSA) is 0 Å². The van der Waals surface area contributed by atoms with E-state index in [1.54, 1.807) is 27.8 Å². The van der Waals surface area contributed by atoms with Crippen molar-refractivity contribution in [3.8, 4) is 11.1 Å². The molecular weight excluding hydrogens is 492 g/mol. The zero-order valence-electron chi connectivity index (χ0n) is 27.4. The van der Waals surface area contributed by atoms with Crippen LogP contribution in [0.4, 0.5) is 0 Å². The molecule has 0 saturated carbocycles. The summed E-state index contributed by atoms with van der Waals surface area (Å²) in [5.74, 6) is 1.46. The normalized spacial score (nSPS) is 21.6. The maximum absolute atomic E-state index is 2.76. The second-order valence-corrected chi connectivity index (χ2v) is 14.3. The molecule has 0 amide bonds. The fourth-order valence-electron chi connectivity index (χ4n) is 8.62. The average Bonchev–Trinajstić information content (AvgIpc) is 3.25. The summed E-state index contributed by atoms with van der Waals surface area (Å²) < 4.78 is 0. The highest BCUT2D eigenvalue weighted by Gasteiger charge is 2.46. The van der Waals surface area contributed by atoms with Crippen molar-refractivity contribution in [2.24, 2.45) is 5.92 Å². The lowest BCUT2D eigenvalue weighted by molar-refractivity contribution is 0.294. The summed E-state index contributed by atoms with van der Waals surface area (Å²) in [5.41, 5.74) is 10.0. The molecule has 0 heteroatoms. The zero-order chi connectivity index (χ0) is 29.0. The van der Waals surface area contributed by atoms with Crippen LogP contribution in [-0.2, 0) is 10.8 Å². The highest BCUT2D eigenvalue weighted by atomic mass is 14.5. The largest absolute Gasteiger partial charge is 0.0654 e. The van der Waals surface area contributed by atoms with Gasteiger partial charge in [0, 0.05) is 5.41 Å². The van der Waals surface area contributed by atoms with E-state index in [-0.39, 0.29) is 10.8 Å². The van der Waals surface area contributed by atoms with Crippen LogP contribution in [0.3, 0.4) is 0 Å². The predicted molar refractivity (Wildman–Crippen MR) is 181 cm³/mol. The van der Waals surface area contributed by atoms with Gasteiger partial charge >= 0.3 is 0 Å². The lowest BCUT2D eigenvalue weighted by Gasteiger charge is -2.40. The molecule has 41 heavy (non-hydrogen) atoms. The van der Waals surface area contributed by atoms with Crippen LogP contribution >= 0.6 is 0 Å². The van der Waals surface area contributed by atoms with E-state index >= 15 is 0 Å². The molecule has 2 bridgehead atoms. The Labute approximate surface area is 252 Å². The molecule has 5 rings (SSSR count). The van der Waals surface area contributed by atoms with Crippen LogP contribution in [0.2, 0.25) is 0 Å². The number of unbranched alkanes of at least 4 members (excludes halogenated alkanes) is 7. The van der Waals surface area contributed by atoms with Crippen molar-refractivity contribution in [2.75, 3.05) is 0 Å². The van der Waals surface area contributed by atoms with E-state index in [1.807, 2.05) is 0 Å². The molecule has 0 nitrogen and oxygen atoms in total. The Morgan fingerprint density at radius 1 is 0.756 bits per heavy atom. The van der Waals surface area contributed by atoms with Crippen molar-refractivity contribution in [1.82, 2.24) is 0 Å². The van der Waals surface area contributed by atoms with E-state index in [9.17, 15) is 0 Å². The lowest BCUT2D eigenvalue weighted by Crippen LogP contribution is -2.30. The summed E-state index contributed by atoms with van der Waals surface area (Å²) in [7, 11) is 0. The molecule has 2 aliphatic rings. The van der Waals surface area contributed by atoms with Gasteiger partial charge in [0.05, 0.1) is 0 Å². The number of fused-ring (bicyclic) bond motifs is 7. The van der Waals surface area contributed by atoms with E-state index in [4.69, 9.17) is 0 Å². The summed E-state index contributed by atoms with van der Waals surface area (Å²) in [4.78, 5) is 0. The third kappa shape index (κ3) is 5.67. The first kappa shape index (κ1) is 30.4. The van der Waals surface area contributed by atoms with Crippen molar-refractivity contribution in [3.05, 3.63) is 70.8 Å². The Kier molecular flexibility index (Phi) is 9.67. The molecule has 0 aromatic heterocycles. The number of rotatable bonds is 14. The van der Waals surface area contributed by atoms with Crippen LogP contribution in [0, 0.1) is 5.92 Å². The first-order chi connectivity index (χ1) is 19.9. The van der Waals surface area contributed by atoms with Crippen LogP contribution in [0.5, 0.6) is 0 Å². The van der Waals surface area contributed by atoms with Gasteiger partial charge in [0.2, 0.25) is 0 Å². The standard InChI is InChI=1S/C41H58/c1-7-11-13-14-15-19-26-41-27-25-30(20-16-12-8-2)32(9-3)36-29-38(41)39(34-22-18-17-21-33(34)36)35-24-23-31(28-37(35)41)40(5,6)10-4/h17-18,21-24,28-30,32H,7-16,19-20,25-27H2,1-6H3.